The smallest absolute Gasteiger partial charge is 0.461 e. The summed E-state index contributed by atoms with van der Waals surface area (Å²) >= 11 is 0. The molecule has 2 rings (SSSR count). The van der Waals surface area contributed by atoms with Gasteiger partial charge in [-0.15, -0.1) is 13.2 Å². The minimum Gasteiger partial charge on any atom is -0.461 e. The normalized spacial score (nSPS) is 11.1. The number of nitrogens with zero attached hydrogens (tertiary/aromatic N) is 1. The molecular formula is C17H17F3N2O5. The second-order valence-electron chi connectivity index (χ2n) is 5.48. The molecule has 1 aromatic carbocycles. The Labute approximate surface area is 152 Å². The Hall–Kier alpha value is -3.04. The number of carbonyl (C=O) groups is 2. The van der Waals surface area contributed by atoms with Crippen molar-refractivity contribution < 1.29 is 36.8 Å². The second-order valence-corrected chi connectivity index (χ2v) is 5.48. The minimum absolute atomic E-state index is 0.104. The first-order chi connectivity index (χ1) is 12.7. The molecule has 0 atom stereocenters. The largest absolute Gasteiger partial charge is 0.573 e. The number of aromatic nitrogens is 1. The summed E-state index contributed by atoms with van der Waals surface area (Å²) in [6.45, 7) is 3.56. The molecule has 0 saturated carbocycles. The molecule has 0 bridgehead atoms. The van der Waals surface area contributed by atoms with Crippen LogP contribution in [0.2, 0.25) is 0 Å². The topological polar surface area (TPSA) is 90.7 Å². The van der Waals surface area contributed by atoms with Gasteiger partial charge in [0, 0.05) is 5.69 Å². The zero-order valence-corrected chi connectivity index (χ0v) is 14.6. The molecule has 0 aliphatic rings. The van der Waals surface area contributed by atoms with E-state index in [0.717, 1.165) is 18.6 Å². The second kappa shape index (κ2) is 8.56. The highest BCUT2D eigenvalue weighted by Gasteiger charge is 2.31. The Balaban J connectivity index is 2.10. The predicted octanol–water partition coefficient (Wildman–Crippen LogP) is 4.09. The Morgan fingerprint density at radius 3 is 2.48 bits per heavy atom. The fourth-order valence-electron chi connectivity index (χ4n) is 2.09. The van der Waals surface area contributed by atoms with E-state index in [2.05, 4.69) is 15.2 Å². The Bertz CT molecular complexity index is 800. The van der Waals surface area contributed by atoms with Crippen molar-refractivity contribution in [3.8, 4) is 5.75 Å². The average Bonchev–Trinajstić information content (AvgIpc) is 2.97. The number of carbonyl (C=O) groups excluding carboxylic acids is 2. The van der Waals surface area contributed by atoms with Gasteiger partial charge in [-0.05, 0) is 37.6 Å². The van der Waals surface area contributed by atoms with Crippen molar-refractivity contribution in [2.24, 2.45) is 0 Å². The molecular weight excluding hydrogens is 369 g/mol. The third kappa shape index (κ3) is 5.73. The maximum Gasteiger partial charge on any atom is 0.573 e. The Kier molecular flexibility index (Phi) is 6.43. The van der Waals surface area contributed by atoms with Gasteiger partial charge in [-0.1, -0.05) is 18.5 Å². The third-order valence-electron chi connectivity index (χ3n) is 3.36. The van der Waals surface area contributed by atoms with Crippen molar-refractivity contribution in [1.29, 1.82) is 0 Å². The number of unbranched alkanes of at least 4 members (excludes halogenated alkanes) is 1. The molecule has 0 aliphatic carbocycles. The van der Waals surface area contributed by atoms with Crippen LogP contribution in [0.25, 0.3) is 0 Å². The van der Waals surface area contributed by atoms with Gasteiger partial charge in [0.05, 0.1) is 6.61 Å². The first-order valence-electron chi connectivity index (χ1n) is 8.02. The molecule has 1 amide bonds. The first kappa shape index (κ1) is 20.3. The molecule has 0 saturated heterocycles. The maximum absolute atomic E-state index is 12.4. The molecule has 7 nitrogen and oxygen atoms in total. The molecule has 27 heavy (non-hydrogen) atoms. The average molecular weight is 386 g/mol. The van der Waals surface area contributed by atoms with E-state index in [4.69, 9.17) is 9.26 Å². The van der Waals surface area contributed by atoms with Crippen LogP contribution in [-0.4, -0.2) is 30.0 Å². The zero-order valence-electron chi connectivity index (χ0n) is 14.6. The molecule has 1 heterocycles. The molecule has 0 aliphatic heterocycles. The zero-order chi connectivity index (χ0) is 20.0. The maximum atomic E-state index is 12.4. The van der Waals surface area contributed by atoms with Crippen molar-refractivity contribution in [1.82, 2.24) is 5.16 Å². The van der Waals surface area contributed by atoms with E-state index in [0.29, 0.717) is 6.42 Å². The van der Waals surface area contributed by atoms with Crippen molar-refractivity contribution in [2.45, 2.75) is 33.1 Å². The van der Waals surface area contributed by atoms with Gasteiger partial charge < -0.3 is 19.3 Å². The number of hydrogen-bond donors (Lipinski definition) is 1. The lowest BCUT2D eigenvalue weighted by Crippen LogP contribution is -2.18. The molecule has 0 spiro atoms. The summed E-state index contributed by atoms with van der Waals surface area (Å²) in [6.07, 6.45) is -3.32. The van der Waals surface area contributed by atoms with E-state index in [9.17, 15) is 22.8 Å². The summed E-state index contributed by atoms with van der Waals surface area (Å²) in [6, 6.07) is 4.54. The number of rotatable bonds is 7. The van der Waals surface area contributed by atoms with Crippen LogP contribution in [0.15, 0.2) is 28.8 Å². The fourth-order valence-corrected chi connectivity index (χ4v) is 2.09. The van der Waals surface area contributed by atoms with Crippen molar-refractivity contribution in [3.63, 3.8) is 0 Å². The van der Waals surface area contributed by atoms with Gasteiger partial charge in [0.2, 0.25) is 5.69 Å². The highest BCUT2D eigenvalue weighted by Crippen LogP contribution is 2.24. The van der Waals surface area contributed by atoms with Gasteiger partial charge in [0.15, 0.2) is 0 Å². The molecule has 1 aromatic heterocycles. The minimum atomic E-state index is -4.81. The van der Waals surface area contributed by atoms with Crippen LogP contribution in [0.5, 0.6) is 5.75 Å². The first-order valence-corrected chi connectivity index (χ1v) is 8.02. The molecule has 0 radical (unpaired) electrons. The Morgan fingerprint density at radius 2 is 1.89 bits per heavy atom. The van der Waals surface area contributed by atoms with Gasteiger partial charge in [0.1, 0.15) is 17.1 Å². The van der Waals surface area contributed by atoms with Crippen molar-refractivity contribution in [3.05, 3.63) is 41.3 Å². The van der Waals surface area contributed by atoms with Crippen LogP contribution in [0.1, 0.15) is 46.4 Å². The van der Waals surface area contributed by atoms with E-state index in [1.54, 1.807) is 0 Å². The van der Waals surface area contributed by atoms with E-state index in [1.165, 1.54) is 19.1 Å². The van der Waals surface area contributed by atoms with E-state index in [1.807, 2.05) is 6.92 Å². The van der Waals surface area contributed by atoms with Gasteiger partial charge in [-0.2, -0.15) is 0 Å². The van der Waals surface area contributed by atoms with Crippen LogP contribution >= 0.6 is 0 Å². The number of benzene rings is 1. The molecule has 146 valence electrons. The lowest BCUT2D eigenvalue weighted by Gasteiger charge is -2.10. The number of aryl methyl sites for hydroxylation is 1. The van der Waals surface area contributed by atoms with Gasteiger partial charge in [-0.3, -0.25) is 4.79 Å². The summed E-state index contributed by atoms with van der Waals surface area (Å²) < 4.78 is 50.2. The monoisotopic (exact) mass is 386 g/mol. The van der Waals surface area contributed by atoms with Crippen LogP contribution in [0, 0.1) is 6.92 Å². The van der Waals surface area contributed by atoms with Crippen LogP contribution in [-0.2, 0) is 4.74 Å². The number of ether oxygens (including phenoxy) is 2. The summed E-state index contributed by atoms with van der Waals surface area (Å²) in [7, 11) is 0. The van der Waals surface area contributed by atoms with Crippen molar-refractivity contribution in [2.75, 3.05) is 11.9 Å². The lowest BCUT2D eigenvalue weighted by atomic mass is 10.1. The summed E-state index contributed by atoms with van der Waals surface area (Å²) in [5, 5.41) is 6.01. The predicted molar refractivity (Wildman–Crippen MR) is 87.5 cm³/mol. The Morgan fingerprint density at radius 1 is 1.22 bits per heavy atom. The van der Waals surface area contributed by atoms with Crippen LogP contribution < -0.4 is 10.1 Å². The number of nitrogens with one attached hydrogen (secondary N) is 1. The van der Waals surface area contributed by atoms with Crippen molar-refractivity contribution >= 4 is 17.6 Å². The van der Waals surface area contributed by atoms with Gasteiger partial charge in [-0.25, -0.2) is 4.79 Å². The molecule has 0 unspecified atom stereocenters. The highest BCUT2D eigenvalue weighted by atomic mass is 19.4. The van der Waals surface area contributed by atoms with Gasteiger partial charge >= 0.3 is 12.3 Å². The SMILES string of the molecule is CCCCOC(=O)c1noc(C)c1C(=O)Nc1ccc(OC(F)(F)F)cc1. The van der Waals surface area contributed by atoms with Crippen LogP contribution in [0.3, 0.4) is 0 Å². The number of amides is 1. The van der Waals surface area contributed by atoms with Crippen LogP contribution in [0.4, 0.5) is 18.9 Å². The van der Waals surface area contributed by atoms with E-state index >= 15 is 0 Å². The summed E-state index contributed by atoms with van der Waals surface area (Å²) in [5.74, 6) is -1.83. The molecule has 1 N–H and O–H groups in total. The fraction of sp³-hybridized carbons (Fsp3) is 0.353. The molecule has 0 fully saturated rings. The standard InChI is InChI=1S/C17H17F3N2O5/c1-3-4-9-25-16(24)14-13(10(2)27-22-14)15(23)21-11-5-7-12(8-6-11)26-17(18,19)20/h5-8H,3-4,9H2,1-2H3,(H,21,23). The number of alkyl halides is 3. The van der Waals surface area contributed by atoms with Gasteiger partial charge in [0.25, 0.3) is 5.91 Å². The van der Waals surface area contributed by atoms with E-state index in [-0.39, 0.29) is 29.3 Å². The summed E-state index contributed by atoms with van der Waals surface area (Å²) in [4.78, 5) is 24.5. The molecule has 10 heteroatoms. The quantitative estimate of drug-likeness (QED) is 0.569. The number of halogens is 3. The number of esters is 1. The summed E-state index contributed by atoms with van der Waals surface area (Å²) in [5.41, 5.74) is -0.175. The number of anilines is 1. The lowest BCUT2D eigenvalue weighted by molar-refractivity contribution is -0.274. The van der Waals surface area contributed by atoms with E-state index < -0.39 is 24.0 Å². The number of hydrogen-bond acceptors (Lipinski definition) is 6. The molecule has 2 aromatic rings. The third-order valence-corrected chi connectivity index (χ3v) is 3.36. The highest BCUT2D eigenvalue weighted by molar-refractivity contribution is 6.10.